The Bertz CT molecular complexity index is 1120. The fourth-order valence-corrected chi connectivity index (χ4v) is 4.27. The number of anilines is 1. The van der Waals surface area contributed by atoms with Gasteiger partial charge in [-0.3, -0.25) is 4.79 Å². The summed E-state index contributed by atoms with van der Waals surface area (Å²) in [4.78, 5) is 28.9. The number of halogens is 3. The number of nitrogens with one attached hydrogen (secondary N) is 1. The fourth-order valence-electron chi connectivity index (χ4n) is 2.80. The molecule has 3 rings (SSSR count). The Morgan fingerprint density at radius 3 is 2.53 bits per heavy atom. The summed E-state index contributed by atoms with van der Waals surface area (Å²) in [6.45, 7) is 4.71. The minimum absolute atomic E-state index is 0.116. The summed E-state index contributed by atoms with van der Waals surface area (Å²) in [5.41, 5.74) is 2.37. The number of aryl methyl sites for hydroxylation is 1. The Morgan fingerprint density at radius 2 is 1.83 bits per heavy atom. The number of hydrogen-bond acceptors (Lipinski definition) is 5. The van der Waals surface area contributed by atoms with Gasteiger partial charge < -0.3 is 14.6 Å². The maximum Gasteiger partial charge on any atom is 0.338 e. The van der Waals surface area contributed by atoms with Crippen LogP contribution in [0.2, 0.25) is 15.1 Å². The minimum Gasteiger partial charge on any atom is -0.462 e. The first-order chi connectivity index (χ1) is 14.3. The van der Waals surface area contributed by atoms with E-state index in [0.29, 0.717) is 50.1 Å². The lowest BCUT2D eigenvalue weighted by atomic mass is 10.2. The molecule has 3 aromatic rings. The maximum atomic E-state index is 12.4. The number of benzene rings is 2. The molecule has 1 amide bonds. The van der Waals surface area contributed by atoms with E-state index in [1.54, 1.807) is 19.1 Å². The average Bonchev–Trinajstić information content (AvgIpc) is 3.07. The SMILES string of the molecule is CCOC(=O)c1ccc2c(c1)nc(SCC(=O)Nc1cc(Cl)c(Cl)cc1Cl)n2CC. The molecule has 1 aromatic heterocycles. The van der Waals surface area contributed by atoms with Crippen molar-refractivity contribution in [1.82, 2.24) is 9.55 Å². The van der Waals surface area contributed by atoms with Gasteiger partial charge in [-0.05, 0) is 44.2 Å². The second kappa shape index (κ2) is 9.92. The van der Waals surface area contributed by atoms with Gasteiger partial charge in [-0.2, -0.15) is 0 Å². The highest BCUT2D eigenvalue weighted by atomic mass is 35.5. The number of nitrogens with zero attached hydrogens (tertiary/aromatic N) is 2. The van der Waals surface area contributed by atoms with Crippen LogP contribution in [-0.2, 0) is 16.1 Å². The highest BCUT2D eigenvalue weighted by Crippen LogP contribution is 2.32. The molecule has 0 aliphatic heterocycles. The van der Waals surface area contributed by atoms with E-state index >= 15 is 0 Å². The van der Waals surface area contributed by atoms with E-state index in [4.69, 9.17) is 39.5 Å². The number of carbonyl (C=O) groups is 2. The van der Waals surface area contributed by atoms with Crippen LogP contribution in [0.4, 0.5) is 5.69 Å². The first kappa shape index (κ1) is 22.7. The third-order valence-corrected chi connectivity index (χ3v) is 6.17. The van der Waals surface area contributed by atoms with Gasteiger partial charge in [0.25, 0.3) is 0 Å². The van der Waals surface area contributed by atoms with E-state index in [2.05, 4.69) is 10.3 Å². The normalized spacial score (nSPS) is 11.0. The molecule has 1 heterocycles. The largest absolute Gasteiger partial charge is 0.462 e. The summed E-state index contributed by atoms with van der Waals surface area (Å²) < 4.78 is 7.02. The molecule has 0 saturated heterocycles. The zero-order valence-electron chi connectivity index (χ0n) is 16.2. The van der Waals surface area contributed by atoms with E-state index < -0.39 is 5.97 Å². The van der Waals surface area contributed by atoms with Gasteiger partial charge in [0.15, 0.2) is 5.16 Å². The third-order valence-electron chi connectivity index (χ3n) is 4.16. The summed E-state index contributed by atoms with van der Waals surface area (Å²) in [5, 5.41) is 4.31. The van der Waals surface area contributed by atoms with Crippen molar-refractivity contribution in [3.63, 3.8) is 0 Å². The molecule has 0 bridgehead atoms. The van der Waals surface area contributed by atoms with Crippen molar-refractivity contribution >= 4 is 75.2 Å². The number of thioether (sulfide) groups is 1. The Hall–Kier alpha value is -1.93. The van der Waals surface area contributed by atoms with Crippen LogP contribution in [0, 0.1) is 0 Å². The van der Waals surface area contributed by atoms with Gasteiger partial charge in [-0.25, -0.2) is 9.78 Å². The number of carbonyl (C=O) groups excluding carboxylic acids is 2. The van der Waals surface area contributed by atoms with Crippen LogP contribution in [0.3, 0.4) is 0 Å². The van der Waals surface area contributed by atoms with Gasteiger partial charge in [-0.1, -0.05) is 46.6 Å². The van der Waals surface area contributed by atoms with Crippen molar-refractivity contribution in [2.75, 3.05) is 17.7 Å². The summed E-state index contributed by atoms with van der Waals surface area (Å²) in [6.07, 6.45) is 0. The van der Waals surface area contributed by atoms with Crippen molar-refractivity contribution < 1.29 is 14.3 Å². The molecule has 0 radical (unpaired) electrons. The average molecular weight is 487 g/mol. The van der Waals surface area contributed by atoms with E-state index in [0.717, 1.165) is 5.52 Å². The number of esters is 1. The van der Waals surface area contributed by atoms with Crippen LogP contribution in [0.1, 0.15) is 24.2 Å². The monoisotopic (exact) mass is 485 g/mol. The maximum absolute atomic E-state index is 12.4. The number of hydrogen-bond donors (Lipinski definition) is 1. The number of rotatable bonds is 7. The predicted molar refractivity (Wildman–Crippen MR) is 122 cm³/mol. The van der Waals surface area contributed by atoms with Crippen LogP contribution >= 0.6 is 46.6 Å². The van der Waals surface area contributed by atoms with Crippen LogP contribution in [0.15, 0.2) is 35.5 Å². The third kappa shape index (κ3) is 5.03. The van der Waals surface area contributed by atoms with Crippen molar-refractivity contribution in [3.05, 3.63) is 51.0 Å². The van der Waals surface area contributed by atoms with Crippen LogP contribution in [-0.4, -0.2) is 33.8 Å². The fraction of sp³-hybridized carbons (Fsp3) is 0.250. The second-order valence-electron chi connectivity index (χ2n) is 6.15. The van der Waals surface area contributed by atoms with Gasteiger partial charge in [-0.15, -0.1) is 0 Å². The Morgan fingerprint density at radius 1 is 1.10 bits per heavy atom. The lowest BCUT2D eigenvalue weighted by Crippen LogP contribution is -2.15. The summed E-state index contributed by atoms with van der Waals surface area (Å²) >= 11 is 19.3. The lowest BCUT2D eigenvalue weighted by molar-refractivity contribution is -0.113. The molecule has 30 heavy (non-hydrogen) atoms. The molecule has 0 spiro atoms. The highest BCUT2D eigenvalue weighted by Gasteiger charge is 2.16. The standard InChI is InChI=1S/C20H18Cl3N3O3S/c1-3-26-17-6-5-11(19(28)29-4-2)7-16(17)25-20(26)30-10-18(27)24-15-9-13(22)12(21)8-14(15)23/h5-9H,3-4,10H2,1-2H3,(H,24,27). The molecule has 10 heteroatoms. The van der Waals surface area contributed by atoms with Gasteiger partial charge in [0, 0.05) is 6.54 Å². The molecule has 0 atom stereocenters. The molecule has 158 valence electrons. The summed E-state index contributed by atoms with van der Waals surface area (Å²) in [7, 11) is 0. The molecule has 6 nitrogen and oxygen atoms in total. The van der Waals surface area contributed by atoms with Crippen molar-refractivity contribution in [3.8, 4) is 0 Å². The van der Waals surface area contributed by atoms with Crippen molar-refractivity contribution in [2.45, 2.75) is 25.5 Å². The number of fused-ring (bicyclic) bond motifs is 1. The molecule has 0 aliphatic rings. The first-order valence-electron chi connectivity index (χ1n) is 9.08. The van der Waals surface area contributed by atoms with Crippen LogP contribution in [0.5, 0.6) is 0 Å². The van der Waals surface area contributed by atoms with E-state index in [-0.39, 0.29) is 11.7 Å². The smallest absolute Gasteiger partial charge is 0.338 e. The second-order valence-corrected chi connectivity index (χ2v) is 8.31. The molecular weight excluding hydrogens is 469 g/mol. The number of ether oxygens (including phenoxy) is 1. The van der Waals surface area contributed by atoms with Gasteiger partial charge in [0.2, 0.25) is 5.91 Å². The first-order valence-corrected chi connectivity index (χ1v) is 11.2. The Labute approximate surface area is 192 Å². The molecular formula is C20H18Cl3N3O3S. The van der Waals surface area contributed by atoms with Gasteiger partial charge in [0.1, 0.15) is 0 Å². The highest BCUT2D eigenvalue weighted by molar-refractivity contribution is 7.99. The zero-order valence-corrected chi connectivity index (χ0v) is 19.3. The molecule has 0 saturated carbocycles. The molecule has 2 aromatic carbocycles. The van der Waals surface area contributed by atoms with E-state index in [1.165, 1.54) is 23.9 Å². The molecule has 0 unspecified atom stereocenters. The molecule has 0 fully saturated rings. The summed E-state index contributed by atoms with van der Waals surface area (Å²) in [6, 6.07) is 8.22. The quantitative estimate of drug-likeness (QED) is 0.255. The lowest BCUT2D eigenvalue weighted by Gasteiger charge is -2.09. The number of imidazole rings is 1. The Kier molecular flexibility index (Phi) is 7.52. The molecule has 0 aliphatic carbocycles. The van der Waals surface area contributed by atoms with Gasteiger partial charge in [0.05, 0.1) is 49.7 Å². The zero-order chi connectivity index (χ0) is 21.8. The van der Waals surface area contributed by atoms with Gasteiger partial charge >= 0.3 is 5.97 Å². The van der Waals surface area contributed by atoms with Crippen molar-refractivity contribution in [1.29, 1.82) is 0 Å². The van der Waals surface area contributed by atoms with E-state index in [9.17, 15) is 9.59 Å². The summed E-state index contributed by atoms with van der Waals surface area (Å²) in [5.74, 6) is -0.537. The topological polar surface area (TPSA) is 73.2 Å². The number of aromatic nitrogens is 2. The Balaban J connectivity index is 1.75. The van der Waals surface area contributed by atoms with Crippen LogP contribution < -0.4 is 5.32 Å². The van der Waals surface area contributed by atoms with E-state index in [1.807, 2.05) is 17.6 Å². The van der Waals surface area contributed by atoms with Crippen LogP contribution in [0.25, 0.3) is 11.0 Å². The predicted octanol–water partition coefficient (Wildman–Crippen LogP) is 5.92. The van der Waals surface area contributed by atoms with Crippen molar-refractivity contribution in [2.24, 2.45) is 0 Å². The minimum atomic E-state index is -0.391. The molecule has 1 N–H and O–H groups in total. The number of amides is 1.